The molecule has 3 aliphatic heterocycles. The van der Waals surface area contributed by atoms with Crippen LogP contribution in [0.25, 0.3) is 0 Å². The molecule has 1 aromatic rings. The zero-order valence-corrected chi connectivity index (χ0v) is 20.0. The SMILES string of the molecule is COc1cc(N2CCC(N3CCN(CC4CCNCC4)CC3)CC2)c(C2CC2)cc1[N+](=O)[O-]. The summed E-state index contributed by atoms with van der Waals surface area (Å²) in [5.74, 6) is 1.72. The van der Waals surface area contributed by atoms with Crippen LogP contribution < -0.4 is 15.0 Å². The largest absolute Gasteiger partial charge is 0.490 e. The first-order valence-corrected chi connectivity index (χ1v) is 12.9. The predicted octanol–water partition coefficient (Wildman–Crippen LogP) is 3.07. The molecule has 8 heteroatoms. The summed E-state index contributed by atoms with van der Waals surface area (Å²) in [7, 11) is 1.53. The highest BCUT2D eigenvalue weighted by atomic mass is 16.6. The van der Waals surface area contributed by atoms with Gasteiger partial charge in [0.15, 0.2) is 5.75 Å². The molecule has 1 saturated carbocycles. The van der Waals surface area contributed by atoms with Crippen molar-refractivity contribution < 1.29 is 9.66 Å². The maximum atomic E-state index is 11.5. The van der Waals surface area contributed by atoms with Crippen LogP contribution in [0.5, 0.6) is 5.75 Å². The van der Waals surface area contributed by atoms with E-state index in [-0.39, 0.29) is 10.6 Å². The fourth-order valence-corrected chi connectivity index (χ4v) is 6.09. The van der Waals surface area contributed by atoms with Crippen molar-refractivity contribution in [3.8, 4) is 5.75 Å². The van der Waals surface area contributed by atoms with Crippen LogP contribution in [-0.4, -0.2) is 86.8 Å². The fourth-order valence-electron chi connectivity index (χ4n) is 6.09. The van der Waals surface area contributed by atoms with E-state index in [1.54, 1.807) is 6.07 Å². The second-order valence-corrected chi connectivity index (χ2v) is 10.4. The summed E-state index contributed by atoms with van der Waals surface area (Å²) in [6.07, 6.45) is 7.25. The van der Waals surface area contributed by atoms with Crippen molar-refractivity contribution in [3.05, 3.63) is 27.8 Å². The monoisotopic (exact) mass is 457 g/mol. The van der Waals surface area contributed by atoms with Crippen molar-refractivity contribution in [3.63, 3.8) is 0 Å². The van der Waals surface area contributed by atoms with Crippen LogP contribution in [0.15, 0.2) is 12.1 Å². The molecule has 3 heterocycles. The summed E-state index contributed by atoms with van der Waals surface area (Å²) < 4.78 is 5.39. The minimum Gasteiger partial charge on any atom is -0.490 e. The maximum Gasteiger partial charge on any atom is 0.311 e. The molecular weight excluding hydrogens is 418 g/mol. The molecule has 0 unspecified atom stereocenters. The Morgan fingerprint density at radius 2 is 1.70 bits per heavy atom. The molecule has 182 valence electrons. The minimum atomic E-state index is -0.314. The third kappa shape index (κ3) is 5.28. The number of piperidine rings is 2. The van der Waals surface area contributed by atoms with Gasteiger partial charge in [0.05, 0.1) is 12.0 Å². The molecule has 4 aliphatic rings. The standard InChI is InChI=1S/C25H39N5O3/c1-33-25-17-23(22(20-2-3-20)16-24(25)30(31)32)29-10-6-21(7-11-29)28-14-12-27(13-15-28)18-19-4-8-26-9-5-19/h16-17,19-21,26H,2-15,18H2,1H3. The van der Waals surface area contributed by atoms with Gasteiger partial charge in [0, 0.05) is 69.7 Å². The average Bonchev–Trinajstić information content (AvgIpc) is 3.70. The van der Waals surface area contributed by atoms with Gasteiger partial charge in [-0.2, -0.15) is 0 Å². The van der Waals surface area contributed by atoms with Gasteiger partial charge in [-0.25, -0.2) is 0 Å². The number of piperazine rings is 1. The maximum absolute atomic E-state index is 11.5. The molecular formula is C25H39N5O3. The Hall–Kier alpha value is -1.90. The van der Waals surface area contributed by atoms with Gasteiger partial charge < -0.3 is 19.9 Å². The molecule has 0 bridgehead atoms. The highest BCUT2D eigenvalue weighted by molar-refractivity contribution is 5.66. The lowest BCUT2D eigenvalue weighted by atomic mass is 9.96. The second-order valence-electron chi connectivity index (χ2n) is 10.4. The third-order valence-corrected chi connectivity index (χ3v) is 8.25. The second kappa shape index (κ2) is 10.2. The molecule has 3 saturated heterocycles. The summed E-state index contributed by atoms with van der Waals surface area (Å²) in [5.41, 5.74) is 2.40. The van der Waals surface area contributed by atoms with Crippen molar-refractivity contribution in [2.75, 3.05) is 70.9 Å². The predicted molar refractivity (Wildman–Crippen MR) is 130 cm³/mol. The molecule has 1 aliphatic carbocycles. The van der Waals surface area contributed by atoms with Gasteiger partial charge >= 0.3 is 5.69 Å². The van der Waals surface area contributed by atoms with Crippen LogP contribution in [-0.2, 0) is 0 Å². The van der Waals surface area contributed by atoms with E-state index in [1.807, 2.05) is 6.07 Å². The molecule has 0 aromatic heterocycles. The quantitative estimate of drug-likeness (QED) is 0.498. The van der Waals surface area contributed by atoms with E-state index in [9.17, 15) is 10.1 Å². The zero-order chi connectivity index (χ0) is 22.8. The summed E-state index contributed by atoms with van der Waals surface area (Å²) in [5, 5.41) is 15.0. The number of nitro groups is 1. The van der Waals surface area contributed by atoms with Gasteiger partial charge in [0.25, 0.3) is 0 Å². The number of ether oxygens (including phenoxy) is 1. The highest BCUT2D eigenvalue weighted by Crippen LogP contribution is 2.48. The lowest BCUT2D eigenvalue weighted by Crippen LogP contribution is -2.54. The van der Waals surface area contributed by atoms with Crippen molar-refractivity contribution in [1.29, 1.82) is 0 Å². The molecule has 1 aromatic carbocycles. The molecule has 5 rings (SSSR count). The molecule has 8 nitrogen and oxygen atoms in total. The molecule has 0 atom stereocenters. The lowest BCUT2D eigenvalue weighted by molar-refractivity contribution is -0.385. The molecule has 0 spiro atoms. The summed E-state index contributed by atoms with van der Waals surface area (Å²) in [4.78, 5) is 19.1. The first kappa shape index (κ1) is 22.9. The molecule has 4 fully saturated rings. The van der Waals surface area contributed by atoms with E-state index in [1.165, 1.54) is 65.8 Å². The van der Waals surface area contributed by atoms with Crippen LogP contribution in [0.4, 0.5) is 11.4 Å². The lowest BCUT2D eigenvalue weighted by Gasteiger charge is -2.44. The topological polar surface area (TPSA) is 74.1 Å². The van der Waals surface area contributed by atoms with E-state index < -0.39 is 0 Å². The minimum absolute atomic E-state index is 0.0976. The molecule has 1 N–H and O–H groups in total. The van der Waals surface area contributed by atoms with E-state index in [0.29, 0.717) is 17.7 Å². The van der Waals surface area contributed by atoms with Crippen molar-refractivity contribution in [2.45, 2.75) is 50.5 Å². The zero-order valence-electron chi connectivity index (χ0n) is 20.0. The number of benzene rings is 1. The van der Waals surface area contributed by atoms with E-state index >= 15 is 0 Å². The first-order valence-electron chi connectivity index (χ1n) is 12.9. The smallest absolute Gasteiger partial charge is 0.311 e. The van der Waals surface area contributed by atoms with E-state index in [2.05, 4.69) is 20.0 Å². The van der Waals surface area contributed by atoms with E-state index in [0.717, 1.165) is 55.9 Å². The van der Waals surface area contributed by atoms with Crippen molar-refractivity contribution in [1.82, 2.24) is 15.1 Å². The molecule has 0 radical (unpaired) electrons. The Labute approximate surface area is 197 Å². The van der Waals surface area contributed by atoms with Gasteiger partial charge in [-0.3, -0.25) is 15.0 Å². The normalized spacial score (nSPS) is 24.2. The number of rotatable bonds is 7. The molecule has 33 heavy (non-hydrogen) atoms. The van der Waals surface area contributed by atoms with E-state index in [4.69, 9.17) is 4.74 Å². The van der Waals surface area contributed by atoms with Gasteiger partial charge in [-0.1, -0.05) is 0 Å². The van der Waals surface area contributed by atoms with Gasteiger partial charge in [-0.05, 0) is 69.0 Å². The first-order chi connectivity index (χ1) is 16.1. The summed E-state index contributed by atoms with van der Waals surface area (Å²) in [6.45, 7) is 10.5. The number of nitro benzene ring substituents is 1. The number of hydrogen-bond acceptors (Lipinski definition) is 7. The van der Waals surface area contributed by atoms with Crippen LogP contribution in [0.2, 0.25) is 0 Å². The number of anilines is 1. The molecule has 0 amide bonds. The van der Waals surface area contributed by atoms with Crippen LogP contribution >= 0.6 is 0 Å². The van der Waals surface area contributed by atoms with Gasteiger partial charge in [0.2, 0.25) is 0 Å². The summed E-state index contributed by atoms with van der Waals surface area (Å²) >= 11 is 0. The third-order valence-electron chi connectivity index (χ3n) is 8.25. The Morgan fingerprint density at radius 1 is 1.00 bits per heavy atom. The summed E-state index contributed by atoms with van der Waals surface area (Å²) in [6, 6.07) is 4.36. The van der Waals surface area contributed by atoms with Gasteiger partial charge in [0.1, 0.15) is 0 Å². The fraction of sp³-hybridized carbons (Fsp3) is 0.760. The number of nitrogens with one attached hydrogen (secondary N) is 1. The van der Waals surface area contributed by atoms with Crippen LogP contribution in [0.1, 0.15) is 50.0 Å². The van der Waals surface area contributed by atoms with Crippen LogP contribution in [0.3, 0.4) is 0 Å². The Bertz CT molecular complexity index is 824. The van der Waals surface area contributed by atoms with Crippen molar-refractivity contribution in [2.24, 2.45) is 5.92 Å². The number of nitrogens with zero attached hydrogens (tertiary/aromatic N) is 4. The van der Waals surface area contributed by atoms with Crippen LogP contribution in [0, 0.1) is 16.0 Å². The Kier molecular flexibility index (Phi) is 7.04. The average molecular weight is 458 g/mol. The van der Waals surface area contributed by atoms with Gasteiger partial charge in [-0.15, -0.1) is 0 Å². The van der Waals surface area contributed by atoms with Crippen molar-refractivity contribution >= 4 is 11.4 Å². The number of hydrogen-bond donors (Lipinski definition) is 1. The Morgan fingerprint density at radius 3 is 2.30 bits per heavy atom. The highest BCUT2D eigenvalue weighted by Gasteiger charge is 2.34. The Balaban J connectivity index is 1.17. The number of methoxy groups -OCH3 is 1.